The minimum atomic E-state index is 0.322. The highest BCUT2D eigenvalue weighted by Gasteiger charge is 2.29. The van der Waals surface area contributed by atoms with E-state index in [-0.39, 0.29) is 0 Å². The summed E-state index contributed by atoms with van der Waals surface area (Å²) in [6.45, 7) is 2.37. The number of hydrogen-bond acceptors (Lipinski definition) is 3. The second kappa shape index (κ2) is 6.39. The predicted octanol–water partition coefficient (Wildman–Crippen LogP) is 3.35. The van der Waals surface area contributed by atoms with Crippen LogP contribution in [0.5, 0.6) is 0 Å². The maximum atomic E-state index is 4.30. The smallest absolute Gasteiger partial charge is 0.0817 e. The zero-order valence-electron chi connectivity index (χ0n) is 12.9. The number of hydrogen-bond donors (Lipinski definition) is 1. The van der Waals surface area contributed by atoms with E-state index < -0.39 is 0 Å². The van der Waals surface area contributed by atoms with E-state index in [0.29, 0.717) is 12.0 Å². The van der Waals surface area contributed by atoms with Crippen LogP contribution in [-0.4, -0.2) is 22.0 Å². The average Bonchev–Trinajstić information content (AvgIpc) is 2.98. The number of rotatable bonds is 4. The molecule has 1 aliphatic rings. The lowest BCUT2D eigenvalue weighted by atomic mass is 9.78. The van der Waals surface area contributed by atoms with Gasteiger partial charge in [-0.1, -0.05) is 43.2 Å². The first kappa shape index (κ1) is 14.3. The van der Waals surface area contributed by atoms with Gasteiger partial charge in [0.1, 0.15) is 0 Å². The van der Waals surface area contributed by atoms with Gasteiger partial charge in [-0.25, -0.2) is 4.68 Å². The Hall–Kier alpha value is -1.68. The summed E-state index contributed by atoms with van der Waals surface area (Å²) in [5.74, 6) is 1.49. The average molecular weight is 284 g/mol. The maximum Gasteiger partial charge on any atom is 0.0817 e. The van der Waals surface area contributed by atoms with Crippen LogP contribution in [0.2, 0.25) is 0 Å². The van der Waals surface area contributed by atoms with Crippen molar-refractivity contribution >= 4 is 0 Å². The fourth-order valence-electron chi connectivity index (χ4n) is 3.63. The summed E-state index contributed by atoms with van der Waals surface area (Å²) in [6, 6.07) is 10.6. The monoisotopic (exact) mass is 284 g/mol. The van der Waals surface area contributed by atoms with Crippen molar-refractivity contribution in [3.05, 3.63) is 42.2 Å². The maximum absolute atomic E-state index is 4.30. The van der Waals surface area contributed by atoms with Crippen LogP contribution in [0.25, 0.3) is 5.69 Å². The first-order valence-electron chi connectivity index (χ1n) is 7.93. The largest absolute Gasteiger partial charge is 0.311 e. The van der Waals surface area contributed by atoms with Crippen LogP contribution in [-0.2, 0) is 0 Å². The summed E-state index contributed by atoms with van der Waals surface area (Å²) >= 11 is 0. The zero-order chi connectivity index (χ0) is 14.7. The topological polar surface area (TPSA) is 42.7 Å². The first-order chi connectivity index (χ1) is 10.3. The van der Waals surface area contributed by atoms with Gasteiger partial charge in [0.25, 0.3) is 0 Å². The number of nitrogens with zero attached hydrogens (tertiary/aromatic N) is 3. The molecule has 1 aromatic carbocycles. The molecule has 1 heterocycles. The highest BCUT2D eigenvalue weighted by atomic mass is 15.4. The van der Waals surface area contributed by atoms with Crippen LogP contribution < -0.4 is 5.32 Å². The lowest BCUT2D eigenvalue weighted by Gasteiger charge is -2.33. The van der Waals surface area contributed by atoms with Crippen molar-refractivity contribution in [2.45, 2.75) is 38.6 Å². The van der Waals surface area contributed by atoms with Crippen LogP contribution in [0.3, 0.4) is 0 Å². The Balaban J connectivity index is 1.90. The van der Waals surface area contributed by atoms with E-state index in [4.69, 9.17) is 0 Å². The highest BCUT2D eigenvalue weighted by Crippen LogP contribution is 2.37. The number of benzene rings is 1. The SMILES string of the molecule is CNC(c1cnnn1-c1ccccc1)C1CCCC(C)C1. The first-order valence-corrected chi connectivity index (χ1v) is 7.93. The van der Waals surface area contributed by atoms with Gasteiger partial charge in [0, 0.05) is 0 Å². The molecule has 3 atom stereocenters. The summed E-state index contributed by atoms with van der Waals surface area (Å²) in [7, 11) is 2.05. The highest BCUT2D eigenvalue weighted by molar-refractivity contribution is 5.32. The van der Waals surface area contributed by atoms with Crippen molar-refractivity contribution in [1.29, 1.82) is 0 Å². The molecule has 4 nitrogen and oxygen atoms in total. The second-order valence-electron chi connectivity index (χ2n) is 6.20. The van der Waals surface area contributed by atoms with Gasteiger partial charge in [-0.05, 0) is 43.9 Å². The molecule has 0 saturated heterocycles. The molecule has 0 radical (unpaired) electrons. The number of nitrogens with one attached hydrogen (secondary N) is 1. The molecule has 1 saturated carbocycles. The van der Waals surface area contributed by atoms with Gasteiger partial charge in [0.05, 0.1) is 23.6 Å². The summed E-state index contributed by atoms with van der Waals surface area (Å²) in [5, 5.41) is 12.0. The van der Waals surface area contributed by atoms with E-state index in [1.54, 1.807) is 0 Å². The number of para-hydroxylation sites is 1. The van der Waals surface area contributed by atoms with Crippen molar-refractivity contribution in [3.63, 3.8) is 0 Å². The molecule has 1 aromatic heterocycles. The summed E-state index contributed by atoms with van der Waals surface area (Å²) in [5.41, 5.74) is 2.25. The second-order valence-corrected chi connectivity index (χ2v) is 6.20. The lowest BCUT2D eigenvalue weighted by Crippen LogP contribution is -2.30. The molecule has 3 unspecified atom stereocenters. The molecule has 0 amide bonds. The van der Waals surface area contributed by atoms with Gasteiger partial charge >= 0.3 is 0 Å². The Labute approximate surface area is 126 Å². The number of aromatic nitrogens is 3. The fourth-order valence-corrected chi connectivity index (χ4v) is 3.63. The van der Waals surface area contributed by atoms with E-state index in [1.807, 2.05) is 36.1 Å². The van der Waals surface area contributed by atoms with Crippen LogP contribution in [0, 0.1) is 11.8 Å². The molecule has 112 valence electrons. The lowest BCUT2D eigenvalue weighted by molar-refractivity contribution is 0.225. The Kier molecular flexibility index (Phi) is 4.34. The summed E-state index contributed by atoms with van der Waals surface area (Å²) in [6.07, 6.45) is 7.18. The molecule has 4 heteroatoms. The summed E-state index contributed by atoms with van der Waals surface area (Å²) in [4.78, 5) is 0. The van der Waals surface area contributed by atoms with Gasteiger partial charge < -0.3 is 5.32 Å². The van der Waals surface area contributed by atoms with E-state index in [0.717, 1.165) is 11.6 Å². The van der Waals surface area contributed by atoms with Gasteiger partial charge in [-0.2, -0.15) is 0 Å². The van der Waals surface area contributed by atoms with Gasteiger partial charge in [-0.15, -0.1) is 5.10 Å². The molecule has 1 fully saturated rings. The van der Waals surface area contributed by atoms with Gasteiger partial charge in [0.2, 0.25) is 0 Å². The molecule has 2 aromatic rings. The summed E-state index contributed by atoms with van der Waals surface area (Å²) < 4.78 is 1.97. The van der Waals surface area contributed by atoms with Crippen LogP contribution in [0.1, 0.15) is 44.3 Å². The quantitative estimate of drug-likeness (QED) is 0.936. The minimum absolute atomic E-state index is 0.322. The Morgan fingerprint density at radius 2 is 2.05 bits per heavy atom. The third kappa shape index (κ3) is 3.00. The van der Waals surface area contributed by atoms with Crippen molar-refractivity contribution in [2.75, 3.05) is 7.05 Å². The molecule has 0 aliphatic heterocycles. The van der Waals surface area contributed by atoms with Gasteiger partial charge in [-0.3, -0.25) is 0 Å². The Bertz CT molecular complexity index is 563. The van der Waals surface area contributed by atoms with Gasteiger partial charge in [0.15, 0.2) is 0 Å². The van der Waals surface area contributed by atoms with Crippen LogP contribution in [0.15, 0.2) is 36.5 Å². The fraction of sp³-hybridized carbons (Fsp3) is 0.529. The predicted molar refractivity (Wildman–Crippen MR) is 84.3 cm³/mol. The molecular formula is C17H24N4. The normalized spacial score (nSPS) is 23.9. The molecule has 0 bridgehead atoms. The van der Waals surface area contributed by atoms with E-state index in [2.05, 4.69) is 34.7 Å². The van der Waals surface area contributed by atoms with E-state index in [9.17, 15) is 0 Å². The molecule has 1 N–H and O–H groups in total. The van der Waals surface area contributed by atoms with E-state index in [1.165, 1.54) is 31.4 Å². The van der Waals surface area contributed by atoms with Crippen molar-refractivity contribution in [1.82, 2.24) is 20.3 Å². The van der Waals surface area contributed by atoms with Crippen LogP contribution in [0.4, 0.5) is 0 Å². The molecule has 0 spiro atoms. The minimum Gasteiger partial charge on any atom is -0.311 e. The molecular weight excluding hydrogens is 260 g/mol. The van der Waals surface area contributed by atoms with E-state index >= 15 is 0 Å². The van der Waals surface area contributed by atoms with Crippen molar-refractivity contribution in [2.24, 2.45) is 11.8 Å². The third-order valence-electron chi connectivity index (χ3n) is 4.65. The van der Waals surface area contributed by atoms with Crippen molar-refractivity contribution < 1.29 is 0 Å². The Morgan fingerprint density at radius 1 is 1.24 bits per heavy atom. The molecule has 1 aliphatic carbocycles. The van der Waals surface area contributed by atoms with Crippen molar-refractivity contribution in [3.8, 4) is 5.69 Å². The molecule has 21 heavy (non-hydrogen) atoms. The molecule has 3 rings (SSSR count). The Morgan fingerprint density at radius 3 is 2.76 bits per heavy atom. The zero-order valence-corrected chi connectivity index (χ0v) is 12.9. The standard InChI is InChI=1S/C17H24N4/c1-13-7-6-8-14(11-13)17(18-2)16-12-19-20-21(16)15-9-4-3-5-10-15/h3-5,9-10,12-14,17-18H,6-8,11H2,1-2H3. The third-order valence-corrected chi connectivity index (χ3v) is 4.65. The van der Waals surface area contributed by atoms with Crippen LogP contribution >= 0.6 is 0 Å².